The normalized spacial score (nSPS) is 10.4. The Morgan fingerprint density at radius 1 is 1.25 bits per heavy atom. The van der Waals surface area contributed by atoms with Gasteiger partial charge in [0.05, 0.1) is 6.61 Å². The first-order valence-corrected chi connectivity index (χ1v) is 5.52. The van der Waals surface area contributed by atoms with Gasteiger partial charge in [-0.05, 0) is 12.5 Å². The zero-order valence-electron chi connectivity index (χ0n) is 9.32. The number of pyridine rings is 1. The molecule has 0 N–H and O–H groups in total. The molecule has 1 aromatic heterocycles. The van der Waals surface area contributed by atoms with E-state index in [2.05, 4.69) is 4.98 Å². The number of aromatic nitrogens is 1. The van der Waals surface area contributed by atoms with Crippen LogP contribution in [0.2, 0.25) is 5.15 Å². The van der Waals surface area contributed by atoms with Crippen LogP contribution in [0.3, 0.4) is 0 Å². The molecule has 0 atom stereocenters. The molecule has 0 aromatic carbocycles. The van der Waals surface area contributed by atoms with Crippen molar-refractivity contribution in [3.63, 3.8) is 0 Å². The molecular formula is C11H16ClNO3. The minimum Gasteiger partial charge on any atom is -0.491 e. The van der Waals surface area contributed by atoms with Crippen LogP contribution in [-0.2, 0) is 9.47 Å². The third-order valence-corrected chi connectivity index (χ3v) is 2.04. The Morgan fingerprint density at radius 3 is 2.88 bits per heavy atom. The fraction of sp³-hybridized carbons (Fsp3) is 0.545. The van der Waals surface area contributed by atoms with E-state index >= 15 is 0 Å². The van der Waals surface area contributed by atoms with Crippen molar-refractivity contribution >= 4 is 11.6 Å². The summed E-state index contributed by atoms with van der Waals surface area (Å²) in [7, 11) is 1.68. The SMILES string of the molecule is COCCCOCCOc1ccnc(Cl)c1. The van der Waals surface area contributed by atoms with Crippen molar-refractivity contribution in [1.82, 2.24) is 4.98 Å². The lowest BCUT2D eigenvalue weighted by atomic mass is 10.4. The van der Waals surface area contributed by atoms with Crippen molar-refractivity contribution in [1.29, 1.82) is 0 Å². The summed E-state index contributed by atoms with van der Waals surface area (Å²) in [4.78, 5) is 3.86. The summed E-state index contributed by atoms with van der Waals surface area (Å²) in [6.07, 6.45) is 2.51. The van der Waals surface area contributed by atoms with Crippen LogP contribution in [-0.4, -0.2) is 38.5 Å². The number of nitrogens with zero attached hydrogens (tertiary/aromatic N) is 1. The van der Waals surface area contributed by atoms with Gasteiger partial charge in [0.1, 0.15) is 17.5 Å². The van der Waals surface area contributed by atoms with Crippen molar-refractivity contribution in [2.45, 2.75) is 6.42 Å². The van der Waals surface area contributed by atoms with Gasteiger partial charge in [0.2, 0.25) is 0 Å². The molecule has 0 fully saturated rings. The lowest BCUT2D eigenvalue weighted by Gasteiger charge is -2.06. The van der Waals surface area contributed by atoms with Gasteiger partial charge in [-0.1, -0.05) is 11.6 Å². The van der Waals surface area contributed by atoms with E-state index in [4.69, 9.17) is 25.8 Å². The molecule has 1 rings (SSSR count). The maximum Gasteiger partial charge on any atom is 0.132 e. The van der Waals surface area contributed by atoms with Crippen LogP contribution in [0.25, 0.3) is 0 Å². The average molecular weight is 246 g/mol. The van der Waals surface area contributed by atoms with Crippen LogP contribution in [0.15, 0.2) is 18.3 Å². The molecule has 5 heteroatoms. The van der Waals surface area contributed by atoms with Crippen molar-refractivity contribution < 1.29 is 14.2 Å². The molecule has 0 radical (unpaired) electrons. The molecule has 0 aliphatic heterocycles. The number of rotatable bonds is 8. The second-order valence-corrected chi connectivity index (χ2v) is 3.51. The smallest absolute Gasteiger partial charge is 0.132 e. The third-order valence-electron chi connectivity index (χ3n) is 1.83. The molecule has 4 nitrogen and oxygen atoms in total. The highest BCUT2D eigenvalue weighted by Crippen LogP contribution is 2.13. The Balaban J connectivity index is 2.03. The standard InChI is InChI=1S/C11H16ClNO3/c1-14-5-2-6-15-7-8-16-10-3-4-13-11(12)9-10/h3-4,9H,2,5-8H2,1H3. The van der Waals surface area contributed by atoms with E-state index in [-0.39, 0.29) is 0 Å². The zero-order valence-corrected chi connectivity index (χ0v) is 10.1. The quantitative estimate of drug-likeness (QED) is 0.520. The van der Waals surface area contributed by atoms with E-state index in [1.165, 1.54) is 0 Å². The Morgan fingerprint density at radius 2 is 2.12 bits per heavy atom. The minimum absolute atomic E-state index is 0.429. The van der Waals surface area contributed by atoms with E-state index in [1.54, 1.807) is 25.4 Å². The van der Waals surface area contributed by atoms with E-state index < -0.39 is 0 Å². The number of hydrogen-bond donors (Lipinski definition) is 0. The molecule has 0 aliphatic rings. The summed E-state index contributed by atoms with van der Waals surface area (Å²) in [6, 6.07) is 3.43. The summed E-state index contributed by atoms with van der Waals surface area (Å²) in [5.74, 6) is 0.709. The van der Waals surface area contributed by atoms with Gasteiger partial charge in [0.25, 0.3) is 0 Å². The molecule has 0 spiro atoms. The van der Waals surface area contributed by atoms with Crippen LogP contribution in [0.1, 0.15) is 6.42 Å². The van der Waals surface area contributed by atoms with Gasteiger partial charge in [-0.2, -0.15) is 0 Å². The lowest BCUT2D eigenvalue weighted by molar-refractivity contribution is 0.0806. The molecule has 90 valence electrons. The second-order valence-electron chi connectivity index (χ2n) is 3.12. The highest BCUT2D eigenvalue weighted by molar-refractivity contribution is 6.29. The first-order chi connectivity index (χ1) is 7.83. The third kappa shape index (κ3) is 5.90. The Bertz CT molecular complexity index is 296. The first kappa shape index (κ1) is 13.2. The molecule has 1 aromatic rings. The van der Waals surface area contributed by atoms with Crippen LogP contribution >= 0.6 is 11.6 Å². The van der Waals surface area contributed by atoms with Gasteiger partial charge < -0.3 is 14.2 Å². The molecule has 0 unspecified atom stereocenters. The fourth-order valence-corrected chi connectivity index (χ4v) is 1.26. The fourth-order valence-electron chi connectivity index (χ4n) is 1.10. The van der Waals surface area contributed by atoms with Crippen LogP contribution < -0.4 is 4.74 Å². The first-order valence-electron chi connectivity index (χ1n) is 5.14. The van der Waals surface area contributed by atoms with Crippen molar-refractivity contribution in [3.8, 4) is 5.75 Å². The summed E-state index contributed by atoms with van der Waals surface area (Å²) < 4.78 is 15.6. The number of hydrogen-bond acceptors (Lipinski definition) is 4. The molecule has 0 amide bonds. The number of ether oxygens (including phenoxy) is 3. The van der Waals surface area contributed by atoms with Gasteiger partial charge in [-0.3, -0.25) is 0 Å². The predicted molar refractivity (Wildman–Crippen MR) is 62.1 cm³/mol. The molecule has 0 aliphatic carbocycles. The monoisotopic (exact) mass is 245 g/mol. The zero-order chi connectivity index (χ0) is 11.6. The topological polar surface area (TPSA) is 40.6 Å². The van der Waals surface area contributed by atoms with Gasteiger partial charge in [-0.25, -0.2) is 4.98 Å². The van der Waals surface area contributed by atoms with Gasteiger partial charge in [-0.15, -0.1) is 0 Å². The Hall–Kier alpha value is -0.840. The van der Waals surface area contributed by atoms with Crippen molar-refractivity contribution in [2.75, 3.05) is 33.5 Å². The minimum atomic E-state index is 0.429. The molecule has 0 saturated carbocycles. The largest absolute Gasteiger partial charge is 0.491 e. The second kappa shape index (κ2) is 8.33. The summed E-state index contributed by atoms with van der Waals surface area (Å²) in [5.41, 5.74) is 0. The lowest BCUT2D eigenvalue weighted by Crippen LogP contribution is -2.08. The molecule has 1 heterocycles. The van der Waals surface area contributed by atoms with Crippen molar-refractivity contribution in [2.24, 2.45) is 0 Å². The molecule has 16 heavy (non-hydrogen) atoms. The summed E-state index contributed by atoms with van der Waals surface area (Å²) in [6.45, 7) is 2.48. The maximum atomic E-state index is 5.71. The number of halogens is 1. The average Bonchev–Trinajstić information content (AvgIpc) is 2.28. The van der Waals surface area contributed by atoms with Crippen molar-refractivity contribution in [3.05, 3.63) is 23.5 Å². The number of methoxy groups -OCH3 is 1. The predicted octanol–water partition coefficient (Wildman–Crippen LogP) is 2.17. The van der Waals surface area contributed by atoms with Crippen LogP contribution in [0.5, 0.6) is 5.75 Å². The van der Waals surface area contributed by atoms with Gasteiger partial charge in [0.15, 0.2) is 0 Å². The van der Waals surface area contributed by atoms with Gasteiger partial charge >= 0.3 is 0 Å². The Kier molecular flexibility index (Phi) is 6.88. The molecular weight excluding hydrogens is 230 g/mol. The van der Waals surface area contributed by atoms with Crippen LogP contribution in [0.4, 0.5) is 0 Å². The maximum absolute atomic E-state index is 5.71. The van der Waals surface area contributed by atoms with E-state index in [0.717, 1.165) is 13.0 Å². The molecule has 0 bridgehead atoms. The summed E-state index contributed by atoms with van der Waals surface area (Å²) >= 11 is 5.71. The van der Waals surface area contributed by atoms with E-state index in [9.17, 15) is 0 Å². The van der Waals surface area contributed by atoms with E-state index in [1.807, 2.05) is 0 Å². The van der Waals surface area contributed by atoms with E-state index in [0.29, 0.717) is 30.7 Å². The summed E-state index contributed by atoms with van der Waals surface area (Å²) in [5, 5.41) is 0.429. The highest BCUT2D eigenvalue weighted by atomic mass is 35.5. The highest BCUT2D eigenvalue weighted by Gasteiger charge is 1.95. The molecule has 0 saturated heterocycles. The van der Waals surface area contributed by atoms with Crippen LogP contribution in [0, 0.1) is 0 Å². The Labute approximate surface area is 100 Å². The van der Waals surface area contributed by atoms with Gasteiger partial charge in [0, 0.05) is 32.6 Å².